The summed E-state index contributed by atoms with van der Waals surface area (Å²) in [6.45, 7) is 3.30. The second-order valence-electron chi connectivity index (χ2n) is 0.746. The molecule has 8 heavy (non-hydrogen) atoms. The van der Waals surface area contributed by atoms with Crippen LogP contribution in [0.1, 0.15) is 0 Å². The zero-order valence-electron chi connectivity index (χ0n) is 4.37. The third-order valence-corrected chi connectivity index (χ3v) is 2.08. The summed E-state index contributed by atoms with van der Waals surface area (Å²) < 4.78 is 0. The second-order valence-corrected chi connectivity index (χ2v) is 9.34. The molecule has 1 nitrogen and oxygen atoms in total. The fourth-order valence-corrected chi connectivity index (χ4v) is 0. The zero-order chi connectivity index (χ0) is 7.21. The molecule has 0 spiro atoms. The van der Waals surface area contributed by atoms with E-state index >= 15 is 0 Å². The van der Waals surface area contributed by atoms with E-state index in [1.54, 1.807) is 0 Å². The number of aliphatic hydroxyl groups excluding tert-OH is 1. The quantitative estimate of drug-likeness (QED) is 0.499. The fraction of sp³-hybridized carbons (Fsp3) is 0.333. The molecule has 0 radical (unpaired) electrons. The van der Waals surface area contributed by atoms with Crippen LogP contribution in [0.3, 0.4) is 0 Å². The van der Waals surface area contributed by atoms with E-state index < -0.39 is 6.00 Å². The Morgan fingerprint density at radius 3 is 1.50 bits per heavy atom. The van der Waals surface area contributed by atoms with Gasteiger partial charge in [-0.25, -0.2) is 0 Å². The Bertz CT molecular complexity index is 60.0. The van der Waals surface area contributed by atoms with Crippen LogP contribution in [-0.4, -0.2) is 18.2 Å². The molecule has 0 aromatic rings. The highest BCUT2D eigenvalue weighted by Gasteiger charge is 2.17. The molecule has 0 aromatic heterocycles. The molecule has 0 aromatic carbocycles. The summed E-state index contributed by atoms with van der Waals surface area (Å²) >= 11 is 15.8. The highest BCUT2D eigenvalue weighted by Crippen LogP contribution is 2.19. The van der Waals surface area contributed by atoms with Crippen molar-refractivity contribution >= 4 is 39.2 Å². The average molecular weight is 194 g/mol. The molecule has 5 heteroatoms. The summed E-state index contributed by atoms with van der Waals surface area (Å²) in [7, 11) is 1.00. The largest absolute Gasteiger partial charge is 0.400 e. The van der Waals surface area contributed by atoms with Crippen LogP contribution in [0.5, 0.6) is 0 Å². The van der Waals surface area contributed by atoms with Crippen molar-refractivity contribution in [1.82, 2.24) is 0 Å². The van der Waals surface area contributed by atoms with E-state index in [9.17, 15) is 0 Å². The summed E-state index contributed by atoms with van der Waals surface area (Å²) in [5.41, 5.74) is 1.37. The molecule has 0 aliphatic carbocycles. The first-order valence-electron chi connectivity index (χ1n) is 1.71. The monoisotopic (exact) mass is 192 g/mol. The molecule has 1 N–H and O–H groups in total. The Balaban J connectivity index is 0. The molecule has 0 rings (SSSR count). The Morgan fingerprint density at radius 1 is 1.38 bits per heavy atom. The van der Waals surface area contributed by atoms with Gasteiger partial charge in [0.2, 0.25) is 0 Å². The number of halogens is 3. The van der Waals surface area contributed by atoms with Crippen molar-refractivity contribution in [2.24, 2.45) is 0 Å². The van der Waals surface area contributed by atoms with Gasteiger partial charge >= 0.3 is 6.00 Å². The van der Waals surface area contributed by atoms with Gasteiger partial charge in [0.05, 0.1) is 0 Å². The van der Waals surface area contributed by atoms with Crippen LogP contribution in [0, 0.1) is 0 Å². The van der Waals surface area contributed by atoms with Gasteiger partial charge in [-0.3, -0.25) is 0 Å². The number of hydrogen-bond acceptors (Lipinski definition) is 1. The fourth-order valence-electron chi connectivity index (χ4n) is 0. The van der Waals surface area contributed by atoms with Crippen molar-refractivity contribution in [3.05, 3.63) is 12.3 Å². The molecule has 50 valence electrons. The Hall–Kier alpha value is 0.787. The summed E-state index contributed by atoms with van der Waals surface area (Å²) in [5, 5.41) is 7.00. The van der Waals surface area contributed by atoms with Crippen LogP contribution >= 0.6 is 33.2 Å². The third kappa shape index (κ3) is 15.8. The third-order valence-electron chi connectivity index (χ3n) is 0.231. The van der Waals surface area contributed by atoms with Gasteiger partial charge in [-0.2, -0.15) is 0 Å². The minimum Gasteiger partial charge on any atom is -0.400 e. The normalized spacial score (nSPS) is 9.12. The number of rotatable bonds is 1. The molecule has 0 saturated heterocycles. The number of hydrogen-bond donors (Lipinski definition) is 1. The zero-order valence-corrected chi connectivity index (χ0v) is 7.63. The molecule has 0 bridgehead atoms. The lowest BCUT2D eigenvalue weighted by molar-refractivity contribution is 0.399. The topological polar surface area (TPSA) is 20.2 Å². The SMILES string of the molecule is C=C[Si](Cl)(Cl)Cl.CO. The molecule has 0 amide bonds. The van der Waals surface area contributed by atoms with Gasteiger partial charge in [-0.05, 0) is 0 Å². The maximum atomic E-state index is 7.00. The van der Waals surface area contributed by atoms with Crippen LogP contribution in [0.15, 0.2) is 12.3 Å². The summed E-state index contributed by atoms with van der Waals surface area (Å²) in [6.07, 6.45) is 0. The predicted molar refractivity (Wildman–Crippen MR) is 41.7 cm³/mol. The van der Waals surface area contributed by atoms with Crippen LogP contribution in [-0.2, 0) is 0 Å². The maximum absolute atomic E-state index is 7.00. The highest BCUT2D eigenvalue weighted by atomic mass is 35.8. The minimum absolute atomic E-state index is 1.00. The molecule has 0 fully saturated rings. The average Bonchev–Trinajstić information content (AvgIpc) is 1.71. The van der Waals surface area contributed by atoms with Crippen LogP contribution in [0.25, 0.3) is 0 Å². The van der Waals surface area contributed by atoms with E-state index in [2.05, 4.69) is 6.58 Å². The van der Waals surface area contributed by atoms with Gasteiger partial charge in [0.15, 0.2) is 0 Å². The lowest BCUT2D eigenvalue weighted by Crippen LogP contribution is -2.01. The van der Waals surface area contributed by atoms with Crippen molar-refractivity contribution in [2.45, 2.75) is 0 Å². The lowest BCUT2D eigenvalue weighted by atomic mass is 11.3. The predicted octanol–water partition coefficient (Wildman–Crippen LogP) is 1.98. The van der Waals surface area contributed by atoms with Gasteiger partial charge in [-0.1, -0.05) is 5.70 Å². The second kappa shape index (κ2) is 5.92. The van der Waals surface area contributed by atoms with E-state index in [4.69, 9.17) is 38.3 Å². The first-order valence-corrected chi connectivity index (χ1v) is 6.82. The van der Waals surface area contributed by atoms with Crippen molar-refractivity contribution in [1.29, 1.82) is 0 Å². The van der Waals surface area contributed by atoms with Crippen molar-refractivity contribution < 1.29 is 5.11 Å². The maximum Gasteiger partial charge on any atom is 0.365 e. The van der Waals surface area contributed by atoms with Gasteiger partial charge < -0.3 is 5.11 Å². The standard InChI is InChI=1S/C2H3Cl3Si.CH4O/c1-2-6(3,4)5;1-2/h2H,1H2;2H,1H3. The van der Waals surface area contributed by atoms with Gasteiger partial charge in [0.25, 0.3) is 0 Å². The molecule has 0 saturated carbocycles. The van der Waals surface area contributed by atoms with Gasteiger partial charge in [0, 0.05) is 7.11 Å². The smallest absolute Gasteiger partial charge is 0.365 e. The Labute approximate surface area is 64.0 Å². The highest BCUT2D eigenvalue weighted by molar-refractivity contribution is 7.66. The first kappa shape index (κ1) is 11.6. The summed E-state index contributed by atoms with van der Waals surface area (Å²) in [5.74, 6) is 0. The molecule has 0 aliphatic rings. The molecular formula is C3H7Cl3OSi. The molecular weight excluding hydrogens is 186 g/mol. The van der Waals surface area contributed by atoms with Crippen LogP contribution in [0.4, 0.5) is 0 Å². The molecule has 0 aliphatic heterocycles. The van der Waals surface area contributed by atoms with E-state index in [0.717, 1.165) is 7.11 Å². The van der Waals surface area contributed by atoms with Gasteiger partial charge in [-0.15, -0.1) is 39.8 Å². The van der Waals surface area contributed by atoms with E-state index in [0.29, 0.717) is 0 Å². The van der Waals surface area contributed by atoms with Gasteiger partial charge in [0.1, 0.15) is 0 Å². The molecule has 0 heterocycles. The Morgan fingerprint density at radius 2 is 1.50 bits per heavy atom. The van der Waals surface area contributed by atoms with E-state index in [1.165, 1.54) is 5.70 Å². The van der Waals surface area contributed by atoms with E-state index in [1.807, 2.05) is 0 Å². The minimum atomic E-state index is -2.45. The summed E-state index contributed by atoms with van der Waals surface area (Å²) in [4.78, 5) is 0. The molecule has 0 atom stereocenters. The lowest BCUT2D eigenvalue weighted by Gasteiger charge is -1.92. The van der Waals surface area contributed by atoms with Crippen molar-refractivity contribution in [3.8, 4) is 0 Å². The Kier molecular flexibility index (Phi) is 8.55. The van der Waals surface area contributed by atoms with Crippen LogP contribution in [0.2, 0.25) is 0 Å². The number of aliphatic hydroxyl groups is 1. The van der Waals surface area contributed by atoms with E-state index in [-0.39, 0.29) is 0 Å². The van der Waals surface area contributed by atoms with Crippen molar-refractivity contribution in [2.75, 3.05) is 7.11 Å². The molecule has 0 unspecified atom stereocenters. The van der Waals surface area contributed by atoms with Crippen LogP contribution < -0.4 is 0 Å². The van der Waals surface area contributed by atoms with Crippen molar-refractivity contribution in [3.63, 3.8) is 0 Å². The first-order chi connectivity index (χ1) is 3.56. The summed E-state index contributed by atoms with van der Waals surface area (Å²) in [6, 6.07) is -2.45.